The number of fused-ring (bicyclic) bond motifs is 1. The van der Waals surface area contributed by atoms with Crippen LogP contribution in [0.4, 0.5) is 5.69 Å². The first-order valence-electron chi connectivity index (χ1n) is 10.2. The lowest BCUT2D eigenvalue weighted by Gasteiger charge is -2.12. The number of nitrogens with zero attached hydrogens (tertiary/aromatic N) is 1. The van der Waals surface area contributed by atoms with Crippen LogP contribution in [-0.4, -0.2) is 29.4 Å². The molecule has 31 heavy (non-hydrogen) atoms. The maximum atomic E-state index is 12.6. The predicted molar refractivity (Wildman–Crippen MR) is 118 cm³/mol. The number of rotatable bonds is 6. The van der Waals surface area contributed by atoms with E-state index >= 15 is 0 Å². The van der Waals surface area contributed by atoms with Gasteiger partial charge in [-0.1, -0.05) is 25.0 Å². The molecule has 0 aliphatic heterocycles. The number of aryl methyl sites for hydroxylation is 1. The number of sulfone groups is 1. The summed E-state index contributed by atoms with van der Waals surface area (Å²) in [6, 6.07) is 12.6. The second-order valence-corrected chi connectivity index (χ2v) is 9.95. The summed E-state index contributed by atoms with van der Waals surface area (Å²) >= 11 is 0. The van der Waals surface area contributed by atoms with E-state index < -0.39 is 15.4 Å². The molecule has 162 valence electrons. The first-order valence-corrected chi connectivity index (χ1v) is 11.8. The topological polar surface area (TPSA) is 118 Å². The van der Waals surface area contributed by atoms with Crippen LogP contribution in [0.25, 0.3) is 10.8 Å². The van der Waals surface area contributed by atoms with Crippen molar-refractivity contribution in [3.63, 3.8) is 0 Å². The van der Waals surface area contributed by atoms with Gasteiger partial charge in [0.05, 0.1) is 27.5 Å². The lowest BCUT2D eigenvalue weighted by Crippen LogP contribution is -2.31. The van der Waals surface area contributed by atoms with Crippen LogP contribution in [0.1, 0.15) is 32.1 Å². The van der Waals surface area contributed by atoms with Crippen molar-refractivity contribution in [1.82, 2.24) is 9.78 Å². The number of hydrogen-bond acceptors (Lipinski definition) is 5. The van der Waals surface area contributed by atoms with Crippen molar-refractivity contribution in [3.05, 3.63) is 69.2 Å². The van der Waals surface area contributed by atoms with Gasteiger partial charge in [-0.25, -0.2) is 13.1 Å². The third-order valence-electron chi connectivity index (χ3n) is 5.65. The molecule has 4 rings (SSSR count). The molecule has 1 amide bonds. The normalized spacial score (nSPS) is 14.7. The summed E-state index contributed by atoms with van der Waals surface area (Å²) in [5, 5.41) is 5.46. The fraction of sp³-hybridized carbons (Fsp3) is 0.318. The van der Waals surface area contributed by atoms with Crippen LogP contribution in [0, 0.1) is 0 Å². The Labute approximate surface area is 178 Å². The number of H-pyrrole nitrogens is 1. The Hall–Kier alpha value is -3.20. The van der Waals surface area contributed by atoms with Crippen molar-refractivity contribution in [1.29, 1.82) is 0 Å². The first-order chi connectivity index (χ1) is 14.9. The van der Waals surface area contributed by atoms with E-state index in [1.54, 1.807) is 36.4 Å². The Balaban J connectivity index is 1.42. The summed E-state index contributed by atoms with van der Waals surface area (Å²) in [5.74, 6) is -0.354. The number of aromatic nitrogens is 2. The molecule has 1 aliphatic rings. The van der Waals surface area contributed by atoms with Gasteiger partial charge in [-0.05, 0) is 49.2 Å². The zero-order valence-electron chi connectivity index (χ0n) is 16.8. The van der Waals surface area contributed by atoms with Crippen LogP contribution in [0.15, 0.2) is 63.0 Å². The zero-order chi connectivity index (χ0) is 22.0. The third kappa shape index (κ3) is 4.32. The van der Waals surface area contributed by atoms with E-state index in [1.165, 1.54) is 12.1 Å². The molecular formula is C22H23N3O5S. The van der Waals surface area contributed by atoms with Crippen LogP contribution in [0.3, 0.4) is 0 Å². The number of anilines is 1. The SMILES string of the molecule is O=C(CCn1[nH]c(=O)c2ccccc2c1=O)Nc1ccc(S(=O)(=O)C2CCCC2)cc1. The Morgan fingerprint density at radius 3 is 2.32 bits per heavy atom. The summed E-state index contributed by atoms with van der Waals surface area (Å²) < 4.78 is 26.4. The zero-order valence-corrected chi connectivity index (χ0v) is 17.7. The molecule has 1 aromatic heterocycles. The first kappa shape index (κ1) is 21.0. The van der Waals surface area contributed by atoms with E-state index in [2.05, 4.69) is 10.4 Å². The van der Waals surface area contributed by atoms with Crippen LogP contribution >= 0.6 is 0 Å². The molecule has 2 aromatic carbocycles. The molecule has 1 heterocycles. The Bertz CT molecular complexity index is 1330. The molecule has 0 radical (unpaired) electrons. The van der Waals surface area contributed by atoms with Crippen LogP contribution in [-0.2, 0) is 21.2 Å². The summed E-state index contributed by atoms with van der Waals surface area (Å²) in [6.45, 7) is 0.0128. The average molecular weight is 442 g/mol. The summed E-state index contributed by atoms with van der Waals surface area (Å²) in [4.78, 5) is 37.2. The van der Waals surface area contributed by atoms with Gasteiger partial charge in [0.25, 0.3) is 11.1 Å². The van der Waals surface area contributed by atoms with Gasteiger partial charge >= 0.3 is 0 Å². The second-order valence-electron chi connectivity index (χ2n) is 7.72. The van der Waals surface area contributed by atoms with Gasteiger partial charge in [-0.2, -0.15) is 0 Å². The number of benzene rings is 2. The molecule has 3 aromatic rings. The minimum atomic E-state index is -3.34. The highest BCUT2D eigenvalue weighted by atomic mass is 32.2. The minimum absolute atomic E-state index is 0.0128. The van der Waals surface area contributed by atoms with E-state index in [0.29, 0.717) is 29.3 Å². The van der Waals surface area contributed by atoms with Crippen LogP contribution in [0.5, 0.6) is 0 Å². The molecule has 0 atom stereocenters. The summed E-state index contributed by atoms with van der Waals surface area (Å²) in [5.41, 5.74) is -0.297. The van der Waals surface area contributed by atoms with Gasteiger partial charge in [0.1, 0.15) is 0 Å². The molecule has 9 heteroatoms. The number of carbonyl (C=O) groups is 1. The highest BCUT2D eigenvalue weighted by molar-refractivity contribution is 7.92. The molecule has 1 aliphatic carbocycles. The smallest absolute Gasteiger partial charge is 0.273 e. The van der Waals surface area contributed by atoms with Crippen LogP contribution < -0.4 is 16.4 Å². The van der Waals surface area contributed by atoms with Crippen molar-refractivity contribution < 1.29 is 13.2 Å². The molecule has 1 fully saturated rings. The Kier molecular flexibility index (Phi) is 5.77. The highest BCUT2D eigenvalue weighted by Crippen LogP contribution is 2.30. The Morgan fingerprint density at radius 1 is 1.00 bits per heavy atom. The van der Waals surface area contributed by atoms with E-state index in [9.17, 15) is 22.8 Å². The average Bonchev–Trinajstić information content (AvgIpc) is 3.32. The van der Waals surface area contributed by atoms with Crippen LogP contribution in [0.2, 0.25) is 0 Å². The van der Waals surface area contributed by atoms with E-state index in [0.717, 1.165) is 17.5 Å². The summed E-state index contributed by atoms with van der Waals surface area (Å²) in [7, 11) is -3.34. The second kappa shape index (κ2) is 8.50. The van der Waals surface area contributed by atoms with Crippen molar-refractivity contribution in [2.24, 2.45) is 0 Å². The predicted octanol–water partition coefficient (Wildman–Crippen LogP) is 2.43. The van der Waals surface area contributed by atoms with E-state index in [4.69, 9.17) is 0 Å². The molecule has 1 saturated carbocycles. The van der Waals surface area contributed by atoms with Gasteiger partial charge in [-0.15, -0.1) is 0 Å². The lowest BCUT2D eigenvalue weighted by molar-refractivity contribution is -0.116. The number of hydrogen-bond donors (Lipinski definition) is 2. The number of aromatic amines is 1. The molecule has 0 bridgehead atoms. The standard InChI is InChI=1S/C22H23N3O5S/c26-20(13-14-25-22(28)19-8-4-3-7-18(19)21(27)24-25)23-15-9-11-17(12-10-15)31(29,30)16-5-1-2-6-16/h3-4,7-12,16H,1-2,5-6,13-14H2,(H,23,26)(H,24,27). The maximum absolute atomic E-state index is 12.6. The third-order valence-corrected chi connectivity index (χ3v) is 7.93. The molecule has 8 nitrogen and oxygen atoms in total. The van der Waals surface area contributed by atoms with Crippen molar-refractivity contribution >= 4 is 32.2 Å². The van der Waals surface area contributed by atoms with Crippen molar-refractivity contribution in [2.45, 2.75) is 48.8 Å². The van der Waals surface area contributed by atoms with Gasteiger partial charge in [0.2, 0.25) is 5.91 Å². The van der Waals surface area contributed by atoms with Crippen molar-refractivity contribution in [2.75, 3.05) is 5.32 Å². The molecular weight excluding hydrogens is 418 g/mol. The maximum Gasteiger partial charge on any atom is 0.273 e. The largest absolute Gasteiger partial charge is 0.326 e. The molecule has 0 spiro atoms. The fourth-order valence-corrected chi connectivity index (χ4v) is 5.81. The highest BCUT2D eigenvalue weighted by Gasteiger charge is 2.30. The fourth-order valence-electron chi connectivity index (χ4n) is 3.96. The number of carbonyl (C=O) groups excluding carboxylic acids is 1. The van der Waals surface area contributed by atoms with E-state index in [-0.39, 0.29) is 34.6 Å². The minimum Gasteiger partial charge on any atom is -0.326 e. The molecule has 0 saturated heterocycles. The van der Waals surface area contributed by atoms with Gasteiger partial charge in [0.15, 0.2) is 9.84 Å². The quantitative estimate of drug-likeness (QED) is 0.609. The van der Waals surface area contributed by atoms with Gasteiger partial charge < -0.3 is 5.32 Å². The molecule has 2 N–H and O–H groups in total. The summed E-state index contributed by atoms with van der Waals surface area (Å²) in [6.07, 6.45) is 3.22. The van der Waals surface area contributed by atoms with E-state index in [1.807, 2.05) is 0 Å². The lowest BCUT2D eigenvalue weighted by atomic mass is 10.2. The number of nitrogens with one attached hydrogen (secondary N) is 2. The molecule has 0 unspecified atom stereocenters. The van der Waals surface area contributed by atoms with Crippen molar-refractivity contribution in [3.8, 4) is 0 Å². The monoisotopic (exact) mass is 441 g/mol. The van der Waals surface area contributed by atoms with Gasteiger partial charge in [0, 0.05) is 12.1 Å². The Morgan fingerprint density at radius 2 is 1.65 bits per heavy atom. The number of amides is 1. The van der Waals surface area contributed by atoms with Gasteiger partial charge in [-0.3, -0.25) is 19.5 Å².